The molecule has 0 saturated carbocycles. The largest absolute Gasteiger partial charge is 0.369 e. The van der Waals surface area contributed by atoms with Crippen LogP contribution in [0.25, 0.3) is 17.1 Å². The molecule has 4 N–H and O–H groups in total. The van der Waals surface area contributed by atoms with Crippen LogP contribution in [-0.4, -0.2) is 65.9 Å². The summed E-state index contributed by atoms with van der Waals surface area (Å²) in [5.74, 6) is -0.101. The van der Waals surface area contributed by atoms with Crippen LogP contribution >= 0.6 is 0 Å². The van der Waals surface area contributed by atoms with Gasteiger partial charge in [-0.1, -0.05) is 30.3 Å². The summed E-state index contributed by atoms with van der Waals surface area (Å²) >= 11 is 0. The molecule has 0 aliphatic carbocycles. The fourth-order valence-electron chi connectivity index (χ4n) is 5.02. The molecule has 0 radical (unpaired) electrons. The Hall–Kier alpha value is -4.96. The zero-order valence-electron chi connectivity index (χ0n) is 23.0. The predicted molar refractivity (Wildman–Crippen MR) is 162 cm³/mol. The third-order valence-electron chi connectivity index (χ3n) is 7.46. The van der Waals surface area contributed by atoms with Crippen molar-refractivity contribution >= 4 is 46.3 Å². The first kappa shape index (κ1) is 26.3. The van der Waals surface area contributed by atoms with Gasteiger partial charge in [-0.15, -0.1) is 0 Å². The molecule has 208 valence electrons. The Morgan fingerprint density at radius 2 is 1.80 bits per heavy atom. The second kappa shape index (κ2) is 11.3. The Kier molecular flexibility index (Phi) is 7.22. The van der Waals surface area contributed by atoms with Gasteiger partial charge in [0.2, 0.25) is 5.96 Å². The van der Waals surface area contributed by atoms with Crippen molar-refractivity contribution in [3.8, 4) is 0 Å². The number of aromatic amines is 1. The summed E-state index contributed by atoms with van der Waals surface area (Å²) in [4.78, 5) is 42.3. The van der Waals surface area contributed by atoms with Crippen molar-refractivity contribution in [1.82, 2.24) is 25.5 Å². The lowest BCUT2D eigenvalue weighted by atomic mass is 10.1. The van der Waals surface area contributed by atoms with Gasteiger partial charge in [-0.25, -0.2) is 9.98 Å². The number of aliphatic imine (C=N–C) groups is 1. The van der Waals surface area contributed by atoms with Gasteiger partial charge < -0.3 is 25.4 Å². The zero-order chi connectivity index (χ0) is 28.3. The summed E-state index contributed by atoms with van der Waals surface area (Å²) < 4.78 is 0. The number of hydrogen-bond acceptors (Lipinski definition) is 7. The first-order chi connectivity index (χ1) is 19.9. The number of nitrogens with zero attached hydrogens (tertiary/aromatic N) is 4. The van der Waals surface area contributed by atoms with Gasteiger partial charge in [-0.3, -0.25) is 14.9 Å². The third-order valence-corrected chi connectivity index (χ3v) is 7.46. The van der Waals surface area contributed by atoms with E-state index < -0.39 is 0 Å². The molecule has 1 atom stereocenters. The number of benzene rings is 2. The highest BCUT2D eigenvalue weighted by Gasteiger charge is 2.22. The third kappa shape index (κ3) is 5.82. The maximum absolute atomic E-state index is 13.0. The van der Waals surface area contributed by atoms with Crippen molar-refractivity contribution in [3.05, 3.63) is 95.4 Å². The molecular formula is C31H32N8O2. The van der Waals surface area contributed by atoms with E-state index in [1.54, 1.807) is 18.5 Å². The zero-order valence-corrected chi connectivity index (χ0v) is 23.0. The number of guanidine groups is 1. The van der Waals surface area contributed by atoms with E-state index in [0.717, 1.165) is 48.4 Å². The number of piperazine rings is 1. The molecule has 10 nitrogen and oxygen atoms in total. The van der Waals surface area contributed by atoms with Crippen LogP contribution in [0.3, 0.4) is 0 Å². The van der Waals surface area contributed by atoms with Gasteiger partial charge in [0, 0.05) is 54.6 Å². The van der Waals surface area contributed by atoms with E-state index in [1.807, 2.05) is 67.6 Å². The SMILES string of the molecule is CC(NC1=N/C(=C/c2c[nH]c3ncc(NC(=O)c4ccc(N5CCN(C)CC5)cc4)cc23)C(=O)N1)c1ccccc1. The maximum atomic E-state index is 13.0. The highest BCUT2D eigenvalue weighted by atomic mass is 16.2. The average Bonchev–Trinajstić information content (AvgIpc) is 3.55. The summed E-state index contributed by atoms with van der Waals surface area (Å²) in [7, 11) is 2.13. The van der Waals surface area contributed by atoms with Crippen LogP contribution in [-0.2, 0) is 4.79 Å². The molecule has 2 aliphatic heterocycles. The number of aromatic nitrogens is 2. The van der Waals surface area contributed by atoms with Crippen LogP contribution < -0.4 is 20.9 Å². The molecule has 2 aliphatic rings. The lowest BCUT2D eigenvalue weighted by molar-refractivity contribution is -0.115. The predicted octanol–water partition coefficient (Wildman–Crippen LogP) is 3.74. The maximum Gasteiger partial charge on any atom is 0.276 e. The minimum absolute atomic E-state index is 0.0268. The van der Waals surface area contributed by atoms with Crippen molar-refractivity contribution in [1.29, 1.82) is 0 Å². The standard InChI is InChI=1S/C31H32N8O2/c1-20(21-6-4-3-5-7-21)34-31-36-27(30(41)37-31)16-23-18-32-28-26(23)17-24(19-33-28)35-29(40)22-8-10-25(11-9-22)39-14-12-38(2)13-15-39/h3-11,16-20H,12-15H2,1-2H3,(H,32,33)(H,35,40)(H2,34,36,37,41)/b27-16+. The van der Waals surface area contributed by atoms with Crippen LogP contribution in [0, 0.1) is 0 Å². The van der Waals surface area contributed by atoms with Gasteiger partial charge in [0.05, 0.1) is 17.9 Å². The molecule has 1 saturated heterocycles. The number of nitrogens with one attached hydrogen (secondary N) is 4. The summed E-state index contributed by atoms with van der Waals surface area (Å²) in [6, 6.07) is 19.5. The lowest BCUT2D eigenvalue weighted by Gasteiger charge is -2.34. The van der Waals surface area contributed by atoms with Crippen molar-refractivity contribution in [3.63, 3.8) is 0 Å². The van der Waals surface area contributed by atoms with Crippen LogP contribution in [0.15, 0.2) is 83.7 Å². The molecule has 4 aromatic rings. The van der Waals surface area contributed by atoms with E-state index in [-0.39, 0.29) is 23.6 Å². The molecule has 1 fully saturated rings. The van der Waals surface area contributed by atoms with Crippen LogP contribution in [0.1, 0.15) is 34.5 Å². The molecule has 2 aromatic carbocycles. The molecule has 1 unspecified atom stereocenters. The lowest BCUT2D eigenvalue weighted by Crippen LogP contribution is -2.44. The Morgan fingerprint density at radius 1 is 1.05 bits per heavy atom. The number of likely N-dealkylation sites (N-methyl/N-ethyl adjacent to an activating group) is 1. The monoisotopic (exact) mass is 548 g/mol. The molecule has 6 rings (SSSR count). The first-order valence-corrected chi connectivity index (χ1v) is 13.7. The number of carbonyl (C=O) groups excluding carboxylic acids is 2. The Labute approximate surface area is 238 Å². The van der Waals surface area contributed by atoms with Crippen LogP contribution in [0.2, 0.25) is 0 Å². The number of rotatable bonds is 6. The smallest absolute Gasteiger partial charge is 0.276 e. The quantitative estimate of drug-likeness (QED) is 0.273. The van der Waals surface area contributed by atoms with Crippen molar-refractivity contribution in [2.24, 2.45) is 4.99 Å². The Bertz CT molecular complexity index is 1630. The van der Waals surface area contributed by atoms with Gasteiger partial charge in [0.1, 0.15) is 11.3 Å². The van der Waals surface area contributed by atoms with Crippen molar-refractivity contribution in [2.75, 3.05) is 43.4 Å². The van der Waals surface area contributed by atoms with E-state index in [2.05, 4.69) is 47.8 Å². The number of fused-ring (bicyclic) bond motifs is 1. The first-order valence-electron chi connectivity index (χ1n) is 13.7. The van der Waals surface area contributed by atoms with Gasteiger partial charge in [0.25, 0.3) is 11.8 Å². The molecular weight excluding hydrogens is 516 g/mol. The number of H-pyrrole nitrogens is 1. The molecule has 10 heteroatoms. The molecule has 0 bridgehead atoms. The molecule has 2 aromatic heterocycles. The Balaban J connectivity index is 1.15. The summed E-state index contributed by atoms with van der Waals surface area (Å²) in [6.45, 7) is 6.01. The summed E-state index contributed by atoms with van der Waals surface area (Å²) in [5, 5.41) is 9.75. The number of amides is 2. The van der Waals surface area contributed by atoms with Crippen LogP contribution in [0.4, 0.5) is 11.4 Å². The normalized spacial score (nSPS) is 17.4. The van der Waals surface area contributed by atoms with E-state index in [4.69, 9.17) is 0 Å². The Morgan fingerprint density at radius 3 is 2.56 bits per heavy atom. The summed E-state index contributed by atoms with van der Waals surface area (Å²) in [5.41, 5.74) is 5.00. The van der Waals surface area contributed by atoms with E-state index in [0.29, 0.717) is 22.9 Å². The molecule has 41 heavy (non-hydrogen) atoms. The van der Waals surface area contributed by atoms with E-state index >= 15 is 0 Å². The minimum Gasteiger partial charge on any atom is -0.369 e. The molecule has 4 heterocycles. The van der Waals surface area contributed by atoms with Gasteiger partial charge >= 0.3 is 0 Å². The number of carbonyl (C=O) groups is 2. The number of anilines is 2. The minimum atomic E-state index is -0.292. The molecule has 2 amide bonds. The van der Waals surface area contributed by atoms with Gasteiger partial charge in [-0.2, -0.15) is 0 Å². The topological polar surface area (TPSA) is 118 Å². The van der Waals surface area contributed by atoms with Crippen LogP contribution in [0.5, 0.6) is 0 Å². The average molecular weight is 549 g/mol. The van der Waals surface area contributed by atoms with Gasteiger partial charge in [0.15, 0.2) is 0 Å². The number of pyridine rings is 1. The van der Waals surface area contributed by atoms with E-state index in [1.165, 1.54) is 0 Å². The molecule has 0 spiro atoms. The second-order valence-electron chi connectivity index (χ2n) is 10.4. The van der Waals surface area contributed by atoms with Crippen molar-refractivity contribution in [2.45, 2.75) is 13.0 Å². The highest BCUT2D eigenvalue weighted by Crippen LogP contribution is 2.25. The fourth-order valence-corrected chi connectivity index (χ4v) is 5.02. The fraction of sp³-hybridized carbons (Fsp3) is 0.226. The van der Waals surface area contributed by atoms with E-state index in [9.17, 15) is 9.59 Å². The highest BCUT2D eigenvalue weighted by molar-refractivity contribution is 6.14. The number of hydrogen-bond donors (Lipinski definition) is 4. The second-order valence-corrected chi connectivity index (χ2v) is 10.4. The van der Waals surface area contributed by atoms with Gasteiger partial charge in [-0.05, 0) is 55.9 Å². The van der Waals surface area contributed by atoms with Crippen molar-refractivity contribution < 1.29 is 9.59 Å². The summed E-state index contributed by atoms with van der Waals surface area (Å²) in [6.07, 6.45) is 5.09.